The molecule has 0 saturated heterocycles. The summed E-state index contributed by atoms with van der Waals surface area (Å²) in [6.07, 6.45) is -2.51. The minimum absolute atomic E-state index is 0.00843. The summed E-state index contributed by atoms with van der Waals surface area (Å²) < 4.78 is 38.4. The molecule has 1 aliphatic rings. The Labute approximate surface area is 162 Å². The van der Waals surface area contributed by atoms with Crippen LogP contribution in [-0.2, 0) is 12.7 Å². The predicted octanol–water partition coefficient (Wildman–Crippen LogP) is 6.03. The van der Waals surface area contributed by atoms with Crippen LogP contribution < -0.4 is 0 Å². The molecular formula is C23H19F3N2. The van der Waals surface area contributed by atoms with Gasteiger partial charge in [0.05, 0.1) is 17.9 Å². The first kappa shape index (κ1) is 18.3. The highest BCUT2D eigenvalue weighted by molar-refractivity contribution is 5.61. The van der Waals surface area contributed by atoms with E-state index >= 15 is 0 Å². The van der Waals surface area contributed by atoms with E-state index < -0.39 is 11.7 Å². The van der Waals surface area contributed by atoms with Gasteiger partial charge in [-0.2, -0.15) is 13.2 Å². The minimum Gasteiger partial charge on any atom is -0.349 e. The summed E-state index contributed by atoms with van der Waals surface area (Å²) in [7, 11) is 0. The highest BCUT2D eigenvalue weighted by Crippen LogP contribution is 2.41. The monoisotopic (exact) mass is 380 g/mol. The lowest BCUT2D eigenvalue weighted by Gasteiger charge is -2.29. The van der Waals surface area contributed by atoms with Crippen LogP contribution in [0.3, 0.4) is 0 Å². The van der Waals surface area contributed by atoms with Gasteiger partial charge in [-0.15, -0.1) is 0 Å². The number of rotatable bonds is 4. The summed E-state index contributed by atoms with van der Waals surface area (Å²) in [5.41, 5.74) is 2.42. The number of aliphatic imine (C=N–C) groups is 1. The van der Waals surface area contributed by atoms with Gasteiger partial charge >= 0.3 is 6.18 Å². The SMILES string of the molecule is FC(F)(F)c1ccc(CN2C=NC(c3ccccc3)C2c2ccccc2)cc1. The number of alkyl halides is 3. The zero-order chi connectivity index (χ0) is 19.6. The molecule has 1 heterocycles. The maximum atomic E-state index is 12.8. The molecule has 5 heteroatoms. The van der Waals surface area contributed by atoms with Gasteiger partial charge < -0.3 is 4.90 Å². The highest BCUT2D eigenvalue weighted by Gasteiger charge is 2.33. The Morgan fingerprint density at radius 1 is 0.750 bits per heavy atom. The van der Waals surface area contributed by atoms with Gasteiger partial charge in [-0.3, -0.25) is 4.99 Å². The van der Waals surface area contributed by atoms with E-state index in [0.29, 0.717) is 6.54 Å². The van der Waals surface area contributed by atoms with Crippen molar-refractivity contribution in [3.05, 3.63) is 107 Å². The minimum atomic E-state index is -4.32. The van der Waals surface area contributed by atoms with Crippen molar-refractivity contribution in [3.8, 4) is 0 Å². The van der Waals surface area contributed by atoms with Crippen LogP contribution in [0.4, 0.5) is 13.2 Å². The molecule has 1 aliphatic heterocycles. The molecule has 0 fully saturated rings. The number of hydrogen-bond donors (Lipinski definition) is 0. The number of benzene rings is 3. The average Bonchev–Trinajstić information content (AvgIpc) is 3.12. The maximum absolute atomic E-state index is 12.8. The predicted molar refractivity (Wildman–Crippen MR) is 104 cm³/mol. The van der Waals surface area contributed by atoms with Crippen molar-refractivity contribution in [1.82, 2.24) is 4.90 Å². The molecular weight excluding hydrogens is 361 g/mol. The van der Waals surface area contributed by atoms with E-state index in [1.54, 1.807) is 0 Å². The first-order valence-electron chi connectivity index (χ1n) is 9.07. The number of nitrogens with zero attached hydrogens (tertiary/aromatic N) is 2. The molecule has 4 rings (SSSR count). The molecule has 2 atom stereocenters. The summed E-state index contributed by atoms with van der Waals surface area (Å²) in [5.74, 6) is 0. The largest absolute Gasteiger partial charge is 0.416 e. The van der Waals surface area contributed by atoms with Crippen LogP contribution in [0.2, 0.25) is 0 Å². The van der Waals surface area contributed by atoms with Crippen molar-refractivity contribution >= 4 is 6.34 Å². The molecule has 0 saturated carbocycles. The van der Waals surface area contributed by atoms with E-state index in [9.17, 15) is 13.2 Å². The van der Waals surface area contributed by atoms with Gasteiger partial charge in [0.1, 0.15) is 6.04 Å². The van der Waals surface area contributed by atoms with Crippen molar-refractivity contribution in [2.45, 2.75) is 24.8 Å². The Balaban J connectivity index is 1.62. The molecule has 0 radical (unpaired) electrons. The third-order valence-electron chi connectivity index (χ3n) is 4.96. The van der Waals surface area contributed by atoms with Crippen molar-refractivity contribution in [3.63, 3.8) is 0 Å². The van der Waals surface area contributed by atoms with Crippen molar-refractivity contribution < 1.29 is 13.2 Å². The molecule has 0 N–H and O–H groups in total. The fourth-order valence-corrected chi connectivity index (χ4v) is 3.58. The van der Waals surface area contributed by atoms with E-state index in [1.165, 1.54) is 12.1 Å². The van der Waals surface area contributed by atoms with Crippen LogP contribution in [0.1, 0.15) is 34.3 Å². The Morgan fingerprint density at radius 3 is 1.89 bits per heavy atom. The standard InChI is InChI=1S/C23H19F3N2/c24-23(25,26)20-13-11-17(12-14-20)15-28-16-27-21(18-7-3-1-4-8-18)22(28)19-9-5-2-6-10-19/h1-14,16,21-22H,15H2. The van der Waals surface area contributed by atoms with Crippen LogP contribution in [0.25, 0.3) is 0 Å². The lowest BCUT2D eigenvalue weighted by atomic mass is 9.93. The van der Waals surface area contributed by atoms with Crippen molar-refractivity contribution in [1.29, 1.82) is 0 Å². The lowest BCUT2D eigenvalue weighted by molar-refractivity contribution is -0.137. The molecule has 2 nitrogen and oxygen atoms in total. The van der Waals surface area contributed by atoms with E-state index in [2.05, 4.69) is 29.2 Å². The van der Waals surface area contributed by atoms with Crippen LogP contribution in [0.5, 0.6) is 0 Å². The van der Waals surface area contributed by atoms with Crippen molar-refractivity contribution in [2.75, 3.05) is 0 Å². The molecule has 3 aromatic rings. The molecule has 0 amide bonds. The van der Waals surface area contributed by atoms with Gasteiger partial charge in [0.15, 0.2) is 0 Å². The molecule has 3 aromatic carbocycles. The Hall–Kier alpha value is -3.08. The molecule has 0 aliphatic carbocycles. The zero-order valence-corrected chi connectivity index (χ0v) is 15.1. The Kier molecular flexibility index (Phi) is 4.90. The normalized spacial score (nSPS) is 19.2. The fraction of sp³-hybridized carbons (Fsp3) is 0.174. The number of hydrogen-bond acceptors (Lipinski definition) is 2. The molecule has 2 unspecified atom stereocenters. The van der Waals surface area contributed by atoms with Crippen LogP contribution in [0, 0.1) is 0 Å². The fourth-order valence-electron chi connectivity index (χ4n) is 3.58. The molecule has 0 aromatic heterocycles. The molecule has 142 valence electrons. The van der Waals surface area contributed by atoms with Gasteiger partial charge in [0.2, 0.25) is 0 Å². The van der Waals surface area contributed by atoms with Gasteiger partial charge in [-0.1, -0.05) is 72.8 Å². The second-order valence-corrected chi connectivity index (χ2v) is 6.84. The Bertz CT molecular complexity index is 935. The third-order valence-corrected chi connectivity index (χ3v) is 4.96. The molecule has 0 spiro atoms. The molecule has 0 bridgehead atoms. The van der Waals surface area contributed by atoms with E-state index in [0.717, 1.165) is 28.8 Å². The van der Waals surface area contributed by atoms with Crippen LogP contribution in [0.15, 0.2) is 89.9 Å². The molecule has 28 heavy (non-hydrogen) atoms. The number of halogens is 3. The summed E-state index contributed by atoms with van der Waals surface area (Å²) in [6, 6.07) is 25.4. The first-order chi connectivity index (χ1) is 13.5. The van der Waals surface area contributed by atoms with Crippen molar-refractivity contribution in [2.24, 2.45) is 4.99 Å². The van der Waals surface area contributed by atoms with Gasteiger partial charge in [-0.25, -0.2) is 0 Å². The second kappa shape index (κ2) is 7.50. The van der Waals surface area contributed by atoms with Gasteiger partial charge in [0, 0.05) is 6.54 Å². The zero-order valence-electron chi connectivity index (χ0n) is 15.1. The van der Waals surface area contributed by atoms with Gasteiger partial charge in [0.25, 0.3) is 0 Å². The van der Waals surface area contributed by atoms with Crippen LogP contribution >= 0.6 is 0 Å². The second-order valence-electron chi connectivity index (χ2n) is 6.84. The van der Waals surface area contributed by atoms with Crippen LogP contribution in [-0.4, -0.2) is 11.2 Å². The summed E-state index contributed by atoms with van der Waals surface area (Å²) in [6.45, 7) is 0.491. The Morgan fingerprint density at radius 2 is 1.32 bits per heavy atom. The summed E-state index contributed by atoms with van der Waals surface area (Å²) >= 11 is 0. The van der Waals surface area contributed by atoms with Gasteiger partial charge in [-0.05, 0) is 28.8 Å². The lowest BCUT2D eigenvalue weighted by Crippen LogP contribution is -2.25. The van der Waals surface area contributed by atoms with E-state index in [1.807, 2.05) is 42.7 Å². The average molecular weight is 380 g/mol. The summed E-state index contributed by atoms with van der Waals surface area (Å²) in [5, 5.41) is 0. The topological polar surface area (TPSA) is 15.6 Å². The summed E-state index contributed by atoms with van der Waals surface area (Å²) in [4.78, 5) is 6.81. The quantitative estimate of drug-likeness (QED) is 0.539. The smallest absolute Gasteiger partial charge is 0.349 e. The van der Waals surface area contributed by atoms with E-state index in [-0.39, 0.29) is 12.1 Å². The third kappa shape index (κ3) is 3.79. The van der Waals surface area contributed by atoms with E-state index in [4.69, 9.17) is 4.99 Å². The first-order valence-corrected chi connectivity index (χ1v) is 9.07. The maximum Gasteiger partial charge on any atom is 0.416 e. The highest BCUT2D eigenvalue weighted by atomic mass is 19.4.